The average molecular weight is 392 g/mol. The number of amides is 2. The number of hydrogen-bond donors (Lipinski definition) is 0. The highest BCUT2D eigenvalue weighted by molar-refractivity contribution is 5.81. The number of carbonyl (C=O) groups excluding carboxylic acids is 2. The van der Waals surface area contributed by atoms with Crippen LogP contribution in [0.2, 0.25) is 0 Å². The molecule has 2 fully saturated rings. The van der Waals surface area contributed by atoms with Crippen LogP contribution in [0, 0.1) is 12.8 Å². The molecule has 0 bridgehead atoms. The van der Waals surface area contributed by atoms with Crippen molar-refractivity contribution < 1.29 is 14.1 Å². The van der Waals surface area contributed by atoms with Crippen molar-refractivity contribution in [2.75, 3.05) is 39.8 Å². The third-order valence-corrected chi connectivity index (χ3v) is 6.16. The molecule has 8 heteroatoms. The van der Waals surface area contributed by atoms with E-state index in [0.717, 1.165) is 44.7 Å². The summed E-state index contributed by atoms with van der Waals surface area (Å²) in [5.41, 5.74) is 0. The summed E-state index contributed by atoms with van der Waals surface area (Å²) in [6.07, 6.45) is 3.40. The van der Waals surface area contributed by atoms with Crippen molar-refractivity contribution >= 4 is 11.8 Å². The van der Waals surface area contributed by atoms with Crippen LogP contribution in [0.1, 0.15) is 57.2 Å². The fraction of sp³-hybridized carbons (Fsp3) is 0.800. The van der Waals surface area contributed by atoms with Gasteiger partial charge in [0, 0.05) is 38.0 Å². The van der Waals surface area contributed by atoms with E-state index in [1.807, 2.05) is 37.6 Å². The summed E-state index contributed by atoms with van der Waals surface area (Å²) in [6, 6.07) is 0.214. The Kier molecular flexibility index (Phi) is 6.69. The lowest BCUT2D eigenvalue weighted by atomic mass is 9.94. The molecule has 0 unspecified atom stereocenters. The van der Waals surface area contributed by atoms with Crippen molar-refractivity contribution in [3.63, 3.8) is 0 Å². The first-order chi connectivity index (χ1) is 13.3. The van der Waals surface area contributed by atoms with Crippen LogP contribution >= 0.6 is 0 Å². The van der Waals surface area contributed by atoms with Crippen molar-refractivity contribution in [3.05, 3.63) is 11.7 Å². The van der Waals surface area contributed by atoms with Gasteiger partial charge in [0.1, 0.15) is 0 Å². The van der Waals surface area contributed by atoms with Gasteiger partial charge in [-0.25, -0.2) is 0 Å². The summed E-state index contributed by atoms with van der Waals surface area (Å²) in [4.78, 5) is 35.5. The Balaban J connectivity index is 1.41. The average Bonchev–Trinajstić information content (AvgIpc) is 3.13. The van der Waals surface area contributed by atoms with E-state index in [9.17, 15) is 9.59 Å². The summed E-state index contributed by atoms with van der Waals surface area (Å²) in [6.45, 7) is 9.44. The van der Waals surface area contributed by atoms with Gasteiger partial charge in [-0.3, -0.25) is 14.5 Å². The maximum atomic E-state index is 12.7. The van der Waals surface area contributed by atoms with Gasteiger partial charge in [0.05, 0.1) is 6.54 Å². The van der Waals surface area contributed by atoms with Crippen molar-refractivity contribution in [1.82, 2.24) is 24.8 Å². The molecule has 0 aromatic carbocycles. The first kappa shape index (κ1) is 20.8. The molecular weight excluding hydrogens is 358 g/mol. The summed E-state index contributed by atoms with van der Waals surface area (Å²) < 4.78 is 5.29. The first-order valence-corrected chi connectivity index (χ1v) is 10.4. The lowest BCUT2D eigenvalue weighted by molar-refractivity contribution is -0.141. The second-order valence-electron chi connectivity index (χ2n) is 8.43. The van der Waals surface area contributed by atoms with Crippen molar-refractivity contribution in [2.24, 2.45) is 5.92 Å². The zero-order valence-electron chi connectivity index (χ0n) is 17.6. The third-order valence-electron chi connectivity index (χ3n) is 6.16. The zero-order valence-corrected chi connectivity index (χ0v) is 17.6. The van der Waals surface area contributed by atoms with E-state index < -0.39 is 0 Å². The highest BCUT2D eigenvalue weighted by Gasteiger charge is 2.31. The fourth-order valence-electron chi connectivity index (χ4n) is 4.03. The molecule has 0 radical (unpaired) electrons. The molecule has 2 aliphatic rings. The van der Waals surface area contributed by atoms with Crippen LogP contribution < -0.4 is 0 Å². The summed E-state index contributed by atoms with van der Waals surface area (Å²) in [5, 5.41) is 3.87. The second-order valence-corrected chi connectivity index (χ2v) is 8.43. The van der Waals surface area contributed by atoms with E-state index in [2.05, 4.69) is 15.0 Å². The summed E-state index contributed by atoms with van der Waals surface area (Å²) in [5.74, 6) is 2.13. The lowest BCUT2D eigenvalue weighted by Gasteiger charge is -2.36. The number of nitrogens with zero attached hydrogens (tertiary/aromatic N) is 5. The van der Waals surface area contributed by atoms with Crippen LogP contribution in [0.15, 0.2) is 4.52 Å². The van der Waals surface area contributed by atoms with Crippen LogP contribution in [0.5, 0.6) is 0 Å². The van der Waals surface area contributed by atoms with E-state index in [0.29, 0.717) is 31.4 Å². The van der Waals surface area contributed by atoms with E-state index >= 15 is 0 Å². The molecule has 2 aliphatic heterocycles. The maximum Gasteiger partial charge on any atom is 0.236 e. The third kappa shape index (κ3) is 4.90. The second kappa shape index (κ2) is 9.03. The number of aromatic nitrogens is 2. The standard InChI is InChI=1S/C20H33N5O3/c1-14(2)23(4)20(27)17-7-11-25(12-8-17)18(26)13-24-9-5-16(6-10-24)19-21-15(3)22-28-19/h14,16-17H,5-13H2,1-4H3. The van der Waals surface area contributed by atoms with Gasteiger partial charge in [-0.15, -0.1) is 0 Å². The van der Waals surface area contributed by atoms with E-state index in [1.54, 1.807) is 0 Å². The minimum Gasteiger partial charge on any atom is -0.343 e. The Morgan fingerprint density at radius 1 is 1.14 bits per heavy atom. The van der Waals surface area contributed by atoms with Crippen molar-refractivity contribution in [3.8, 4) is 0 Å². The Bertz CT molecular complexity index is 673. The molecular formula is C20H33N5O3. The van der Waals surface area contributed by atoms with Crippen molar-refractivity contribution in [2.45, 2.75) is 58.4 Å². The van der Waals surface area contributed by atoms with Gasteiger partial charge in [-0.05, 0) is 59.5 Å². The lowest BCUT2D eigenvalue weighted by Crippen LogP contribution is -2.48. The highest BCUT2D eigenvalue weighted by atomic mass is 16.5. The number of hydrogen-bond acceptors (Lipinski definition) is 6. The molecule has 0 spiro atoms. The van der Waals surface area contributed by atoms with Gasteiger partial charge in [-0.2, -0.15) is 4.98 Å². The van der Waals surface area contributed by atoms with Crippen LogP contribution in [-0.2, 0) is 9.59 Å². The topological polar surface area (TPSA) is 82.8 Å². The number of rotatable bonds is 5. The van der Waals surface area contributed by atoms with Crippen LogP contribution in [0.25, 0.3) is 0 Å². The number of piperidine rings is 2. The van der Waals surface area contributed by atoms with E-state index in [-0.39, 0.29) is 23.8 Å². The summed E-state index contributed by atoms with van der Waals surface area (Å²) in [7, 11) is 1.86. The van der Waals surface area contributed by atoms with E-state index in [1.165, 1.54) is 0 Å². The largest absolute Gasteiger partial charge is 0.343 e. The van der Waals surface area contributed by atoms with Gasteiger partial charge in [0.2, 0.25) is 17.7 Å². The van der Waals surface area contributed by atoms with Gasteiger partial charge in [0.25, 0.3) is 0 Å². The minimum atomic E-state index is 0.0463. The summed E-state index contributed by atoms with van der Waals surface area (Å²) >= 11 is 0. The molecule has 156 valence electrons. The molecule has 28 heavy (non-hydrogen) atoms. The number of likely N-dealkylation sites (tertiary alicyclic amines) is 2. The fourth-order valence-corrected chi connectivity index (χ4v) is 4.03. The quantitative estimate of drug-likeness (QED) is 0.759. The first-order valence-electron chi connectivity index (χ1n) is 10.4. The molecule has 0 saturated carbocycles. The predicted octanol–water partition coefficient (Wildman–Crippen LogP) is 1.66. The highest BCUT2D eigenvalue weighted by Crippen LogP contribution is 2.27. The maximum absolute atomic E-state index is 12.7. The SMILES string of the molecule is Cc1noc(C2CCN(CC(=O)N3CCC(C(=O)N(C)C(C)C)CC3)CC2)n1. The Labute approximate surface area is 167 Å². The number of carbonyl (C=O) groups is 2. The van der Waals surface area contributed by atoms with Gasteiger partial charge >= 0.3 is 0 Å². The Morgan fingerprint density at radius 3 is 2.32 bits per heavy atom. The molecule has 0 N–H and O–H groups in total. The Morgan fingerprint density at radius 2 is 1.79 bits per heavy atom. The Hall–Kier alpha value is -1.96. The molecule has 2 amide bonds. The van der Waals surface area contributed by atoms with Gasteiger partial charge in [-0.1, -0.05) is 5.16 Å². The van der Waals surface area contributed by atoms with Crippen molar-refractivity contribution in [1.29, 1.82) is 0 Å². The van der Waals surface area contributed by atoms with Crippen LogP contribution in [-0.4, -0.2) is 82.5 Å². The molecule has 1 aromatic rings. The van der Waals surface area contributed by atoms with Crippen LogP contribution in [0.3, 0.4) is 0 Å². The van der Waals surface area contributed by atoms with E-state index in [4.69, 9.17) is 4.52 Å². The minimum absolute atomic E-state index is 0.0463. The predicted molar refractivity (Wildman–Crippen MR) is 105 cm³/mol. The molecule has 0 atom stereocenters. The molecule has 2 saturated heterocycles. The normalized spacial score (nSPS) is 20.0. The molecule has 3 heterocycles. The molecule has 8 nitrogen and oxygen atoms in total. The zero-order chi connectivity index (χ0) is 20.3. The molecule has 1 aromatic heterocycles. The van der Waals surface area contributed by atoms with Gasteiger partial charge < -0.3 is 14.3 Å². The monoisotopic (exact) mass is 391 g/mol. The molecule has 3 rings (SSSR count). The number of aryl methyl sites for hydroxylation is 1. The van der Waals surface area contributed by atoms with Crippen LogP contribution in [0.4, 0.5) is 0 Å². The van der Waals surface area contributed by atoms with Gasteiger partial charge in [0.15, 0.2) is 5.82 Å². The molecule has 0 aliphatic carbocycles. The smallest absolute Gasteiger partial charge is 0.236 e.